The molecule has 1 aliphatic rings. The van der Waals surface area contributed by atoms with Crippen molar-refractivity contribution in [1.29, 1.82) is 0 Å². The van der Waals surface area contributed by atoms with Crippen molar-refractivity contribution < 1.29 is 9.90 Å². The quantitative estimate of drug-likeness (QED) is 0.811. The van der Waals surface area contributed by atoms with Crippen LogP contribution in [0.1, 0.15) is 53.4 Å². The molecule has 0 aromatic rings. The monoisotopic (exact) mass is 256 g/mol. The summed E-state index contributed by atoms with van der Waals surface area (Å²) in [7, 11) is 0. The normalized spacial score (nSPS) is 25.1. The minimum Gasteiger partial charge on any atom is -0.396 e. The van der Waals surface area contributed by atoms with E-state index in [2.05, 4.69) is 33.0 Å². The Kier molecular flexibility index (Phi) is 5.45. The highest BCUT2D eigenvalue weighted by molar-refractivity contribution is 5.75. The van der Waals surface area contributed by atoms with Crippen LogP contribution in [0.4, 0.5) is 4.79 Å². The van der Waals surface area contributed by atoms with Crippen LogP contribution < -0.4 is 5.32 Å². The van der Waals surface area contributed by atoms with Gasteiger partial charge in [-0.05, 0) is 44.9 Å². The Balaban J connectivity index is 2.49. The average Bonchev–Trinajstić information content (AvgIpc) is 2.26. The molecule has 18 heavy (non-hydrogen) atoms. The zero-order valence-electron chi connectivity index (χ0n) is 12.2. The lowest BCUT2D eigenvalue weighted by atomic mass is 9.90. The van der Waals surface area contributed by atoms with Crippen LogP contribution in [0.2, 0.25) is 0 Å². The molecule has 0 spiro atoms. The number of hydrogen-bond donors (Lipinski definition) is 2. The predicted molar refractivity (Wildman–Crippen MR) is 73.5 cm³/mol. The Labute approximate surface area is 111 Å². The molecule has 0 saturated carbocycles. The minimum absolute atomic E-state index is 0.0423. The summed E-state index contributed by atoms with van der Waals surface area (Å²) >= 11 is 0. The first-order valence-electron chi connectivity index (χ1n) is 7.04. The van der Waals surface area contributed by atoms with E-state index in [9.17, 15) is 4.79 Å². The molecule has 0 radical (unpaired) electrons. The molecule has 1 saturated heterocycles. The molecule has 1 fully saturated rings. The molecule has 0 aliphatic carbocycles. The molecule has 0 bridgehead atoms. The molecule has 0 aromatic carbocycles. The third kappa shape index (κ3) is 4.16. The third-order valence-corrected chi connectivity index (χ3v) is 3.93. The lowest BCUT2D eigenvalue weighted by molar-refractivity contribution is 0.118. The molecule has 2 amide bonds. The fourth-order valence-corrected chi connectivity index (χ4v) is 2.62. The first-order chi connectivity index (χ1) is 8.37. The standard InChI is InChI=1S/C14H28N2O2/c1-11-6-5-7-12(2)16(11)13(18)15-10-14(3,4)8-9-17/h11-12,17H,5-10H2,1-4H3,(H,15,18). The number of aliphatic hydroxyl groups excluding tert-OH is 1. The van der Waals surface area contributed by atoms with E-state index in [1.807, 2.05) is 4.90 Å². The molecular formula is C14H28N2O2. The summed E-state index contributed by atoms with van der Waals surface area (Å²) < 4.78 is 0. The van der Waals surface area contributed by atoms with Crippen LogP contribution in [0.3, 0.4) is 0 Å². The van der Waals surface area contributed by atoms with Crippen LogP contribution in [-0.2, 0) is 0 Å². The summed E-state index contributed by atoms with van der Waals surface area (Å²) in [5, 5.41) is 12.0. The Morgan fingerprint density at radius 1 is 1.33 bits per heavy atom. The van der Waals surface area contributed by atoms with Gasteiger partial charge in [-0.25, -0.2) is 4.79 Å². The van der Waals surface area contributed by atoms with Gasteiger partial charge in [0.15, 0.2) is 0 Å². The Morgan fingerprint density at radius 3 is 2.39 bits per heavy atom. The first kappa shape index (κ1) is 15.3. The fraction of sp³-hybridized carbons (Fsp3) is 0.929. The van der Waals surface area contributed by atoms with Crippen molar-refractivity contribution in [2.45, 2.75) is 65.5 Å². The summed E-state index contributed by atoms with van der Waals surface area (Å²) in [5.74, 6) is 0. The highest BCUT2D eigenvalue weighted by Crippen LogP contribution is 2.23. The second-order valence-corrected chi connectivity index (χ2v) is 6.33. The first-order valence-corrected chi connectivity index (χ1v) is 7.04. The van der Waals surface area contributed by atoms with Crippen LogP contribution >= 0.6 is 0 Å². The van der Waals surface area contributed by atoms with Crippen molar-refractivity contribution in [3.63, 3.8) is 0 Å². The van der Waals surface area contributed by atoms with Crippen molar-refractivity contribution in [2.75, 3.05) is 13.2 Å². The smallest absolute Gasteiger partial charge is 0.317 e. The summed E-state index contributed by atoms with van der Waals surface area (Å²) in [6, 6.07) is 0.699. The summed E-state index contributed by atoms with van der Waals surface area (Å²) in [6.45, 7) is 9.14. The van der Waals surface area contributed by atoms with E-state index < -0.39 is 0 Å². The van der Waals surface area contributed by atoms with Gasteiger partial charge in [-0.2, -0.15) is 0 Å². The molecular weight excluding hydrogens is 228 g/mol. The number of carbonyl (C=O) groups is 1. The van der Waals surface area contributed by atoms with Gasteiger partial charge in [0.1, 0.15) is 0 Å². The SMILES string of the molecule is CC1CCCC(C)N1C(=O)NCC(C)(C)CCO. The molecule has 1 rings (SSSR count). The van der Waals surface area contributed by atoms with E-state index in [1.165, 1.54) is 6.42 Å². The fourth-order valence-electron chi connectivity index (χ4n) is 2.62. The summed E-state index contributed by atoms with van der Waals surface area (Å²) in [6.07, 6.45) is 4.11. The number of nitrogens with zero attached hydrogens (tertiary/aromatic N) is 1. The van der Waals surface area contributed by atoms with E-state index >= 15 is 0 Å². The molecule has 2 N–H and O–H groups in total. The molecule has 1 heterocycles. The van der Waals surface area contributed by atoms with Gasteiger partial charge in [-0.1, -0.05) is 13.8 Å². The van der Waals surface area contributed by atoms with Crippen molar-refractivity contribution in [1.82, 2.24) is 10.2 Å². The number of hydrogen-bond acceptors (Lipinski definition) is 2. The van der Waals surface area contributed by atoms with Gasteiger partial charge in [-0.3, -0.25) is 0 Å². The maximum Gasteiger partial charge on any atom is 0.317 e. The van der Waals surface area contributed by atoms with Gasteiger partial charge in [0.05, 0.1) is 0 Å². The van der Waals surface area contributed by atoms with Crippen molar-refractivity contribution >= 4 is 6.03 Å². The lowest BCUT2D eigenvalue weighted by Crippen LogP contribution is -2.53. The van der Waals surface area contributed by atoms with Gasteiger partial charge in [0.25, 0.3) is 0 Å². The predicted octanol–water partition coefficient (Wildman–Crippen LogP) is 2.37. The second-order valence-electron chi connectivity index (χ2n) is 6.33. The Bertz CT molecular complexity index is 269. The maximum atomic E-state index is 12.2. The van der Waals surface area contributed by atoms with E-state index in [4.69, 9.17) is 5.11 Å². The van der Waals surface area contributed by atoms with Crippen LogP contribution in [-0.4, -0.2) is 41.3 Å². The van der Waals surface area contributed by atoms with E-state index in [-0.39, 0.29) is 18.1 Å². The van der Waals surface area contributed by atoms with Gasteiger partial charge >= 0.3 is 6.03 Å². The van der Waals surface area contributed by atoms with Gasteiger partial charge in [-0.15, -0.1) is 0 Å². The topological polar surface area (TPSA) is 52.6 Å². The highest BCUT2D eigenvalue weighted by Gasteiger charge is 2.29. The van der Waals surface area contributed by atoms with Gasteiger partial charge in [0.2, 0.25) is 0 Å². The van der Waals surface area contributed by atoms with Crippen molar-refractivity contribution in [3.8, 4) is 0 Å². The van der Waals surface area contributed by atoms with Crippen LogP contribution in [0.25, 0.3) is 0 Å². The highest BCUT2D eigenvalue weighted by atomic mass is 16.3. The lowest BCUT2D eigenvalue weighted by Gasteiger charge is -2.39. The number of piperidine rings is 1. The molecule has 4 heteroatoms. The molecule has 0 aromatic heterocycles. The van der Waals surface area contributed by atoms with Gasteiger partial charge in [0, 0.05) is 25.2 Å². The Hall–Kier alpha value is -0.770. The molecule has 1 aliphatic heterocycles. The largest absolute Gasteiger partial charge is 0.396 e. The number of nitrogens with one attached hydrogen (secondary N) is 1. The average molecular weight is 256 g/mol. The zero-order valence-corrected chi connectivity index (χ0v) is 12.2. The van der Waals surface area contributed by atoms with Crippen molar-refractivity contribution in [2.24, 2.45) is 5.41 Å². The van der Waals surface area contributed by atoms with Crippen LogP contribution in [0.15, 0.2) is 0 Å². The number of rotatable bonds is 4. The Morgan fingerprint density at radius 2 is 1.89 bits per heavy atom. The minimum atomic E-state index is -0.0489. The number of carbonyl (C=O) groups excluding carboxylic acids is 1. The third-order valence-electron chi connectivity index (χ3n) is 3.93. The maximum absolute atomic E-state index is 12.2. The van der Waals surface area contributed by atoms with E-state index in [0.717, 1.165) is 12.8 Å². The second kappa shape index (κ2) is 6.41. The van der Waals surface area contributed by atoms with Gasteiger partial charge < -0.3 is 15.3 Å². The molecule has 4 nitrogen and oxygen atoms in total. The number of urea groups is 1. The van der Waals surface area contributed by atoms with Crippen molar-refractivity contribution in [3.05, 3.63) is 0 Å². The molecule has 106 valence electrons. The summed E-state index contributed by atoms with van der Waals surface area (Å²) in [4.78, 5) is 14.2. The molecule has 2 unspecified atom stereocenters. The van der Waals surface area contributed by atoms with Crippen LogP contribution in [0, 0.1) is 5.41 Å². The van der Waals surface area contributed by atoms with E-state index in [1.54, 1.807) is 0 Å². The van der Waals surface area contributed by atoms with Crippen LogP contribution in [0.5, 0.6) is 0 Å². The van der Waals surface area contributed by atoms with E-state index in [0.29, 0.717) is 25.0 Å². The number of likely N-dealkylation sites (tertiary alicyclic amines) is 1. The number of amides is 2. The zero-order chi connectivity index (χ0) is 13.8. The summed E-state index contributed by atoms with van der Waals surface area (Å²) in [5.41, 5.74) is -0.0489. The number of aliphatic hydroxyl groups is 1. The molecule has 2 atom stereocenters.